The third kappa shape index (κ3) is 3.90. The van der Waals surface area contributed by atoms with E-state index >= 15 is 0 Å². The lowest BCUT2D eigenvalue weighted by molar-refractivity contribution is 0.190. The lowest BCUT2D eigenvalue weighted by Crippen LogP contribution is -2.41. The van der Waals surface area contributed by atoms with Crippen molar-refractivity contribution < 1.29 is 4.79 Å². The first-order valence-electron chi connectivity index (χ1n) is 7.19. The van der Waals surface area contributed by atoms with Crippen LogP contribution < -0.4 is 21.6 Å². The summed E-state index contributed by atoms with van der Waals surface area (Å²) in [6.07, 6.45) is 4.24. The van der Waals surface area contributed by atoms with Gasteiger partial charge in [0.05, 0.1) is 6.20 Å². The van der Waals surface area contributed by atoms with Crippen LogP contribution >= 0.6 is 15.9 Å². The van der Waals surface area contributed by atoms with Crippen molar-refractivity contribution in [3.63, 3.8) is 0 Å². The normalized spacial score (nSPS) is 14.3. The van der Waals surface area contributed by atoms with E-state index in [-0.39, 0.29) is 6.03 Å². The molecule has 9 nitrogen and oxygen atoms in total. The summed E-state index contributed by atoms with van der Waals surface area (Å²) in [5.41, 5.74) is 6.65. The smallest absolute Gasteiger partial charge is 0.320 e. The number of nitrogens with zero attached hydrogens (tertiary/aromatic N) is 4. The topological polar surface area (TPSA) is 98.1 Å². The van der Waals surface area contributed by atoms with Gasteiger partial charge in [-0.3, -0.25) is 10.7 Å². The highest BCUT2D eigenvalue weighted by Crippen LogP contribution is 2.14. The zero-order chi connectivity index (χ0) is 16.2. The first-order valence-corrected chi connectivity index (χ1v) is 7.99. The molecule has 2 aromatic rings. The van der Waals surface area contributed by atoms with Gasteiger partial charge in [0.2, 0.25) is 0 Å². The van der Waals surface area contributed by atoms with Gasteiger partial charge < -0.3 is 9.72 Å². The van der Waals surface area contributed by atoms with Crippen LogP contribution in [0.3, 0.4) is 0 Å². The minimum atomic E-state index is -0.300. The summed E-state index contributed by atoms with van der Waals surface area (Å²) in [6, 6.07) is 3.46. The number of rotatable bonds is 5. The van der Waals surface area contributed by atoms with Crippen molar-refractivity contribution in [2.24, 2.45) is 5.10 Å². The molecule has 1 aliphatic rings. The Morgan fingerprint density at radius 1 is 1.39 bits per heavy atom. The summed E-state index contributed by atoms with van der Waals surface area (Å²) in [4.78, 5) is 16.2. The quantitative estimate of drug-likeness (QED) is 0.625. The Labute approximate surface area is 141 Å². The van der Waals surface area contributed by atoms with Crippen molar-refractivity contribution in [3.05, 3.63) is 29.0 Å². The van der Waals surface area contributed by atoms with E-state index in [1.54, 1.807) is 11.3 Å². The summed E-state index contributed by atoms with van der Waals surface area (Å²) in [7, 11) is 0. The fourth-order valence-electron chi connectivity index (χ4n) is 2.07. The average Bonchev–Trinajstić information content (AvgIpc) is 3.12. The van der Waals surface area contributed by atoms with E-state index in [1.807, 2.05) is 29.7 Å². The summed E-state index contributed by atoms with van der Waals surface area (Å²) in [5, 5.41) is 11.3. The zero-order valence-corrected chi connectivity index (χ0v) is 14.1. The van der Waals surface area contributed by atoms with E-state index in [0.717, 1.165) is 22.5 Å². The monoisotopic (exact) mass is 380 g/mol. The summed E-state index contributed by atoms with van der Waals surface area (Å²) in [6.45, 7) is 3.25. The maximum Gasteiger partial charge on any atom is 0.320 e. The van der Waals surface area contributed by atoms with Crippen LogP contribution in [0.2, 0.25) is 0 Å². The fourth-order valence-corrected chi connectivity index (χ4v) is 2.42. The number of anilines is 1. The van der Waals surface area contributed by atoms with E-state index in [0.29, 0.717) is 18.8 Å². The van der Waals surface area contributed by atoms with Crippen LogP contribution in [0.1, 0.15) is 13.3 Å². The van der Waals surface area contributed by atoms with Gasteiger partial charge >= 0.3 is 6.03 Å². The second kappa shape index (κ2) is 6.84. The number of amides is 2. The van der Waals surface area contributed by atoms with Crippen molar-refractivity contribution >= 4 is 39.3 Å². The number of hydrazine groups is 2. The van der Waals surface area contributed by atoms with Gasteiger partial charge in [-0.2, -0.15) is 0 Å². The first-order chi connectivity index (χ1) is 11.1. The Morgan fingerprint density at radius 2 is 2.26 bits per heavy atom. The van der Waals surface area contributed by atoms with Gasteiger partial charge in [0, 0.05) is 30.2 Å². The van der Waals surface area contributed by atoms with Crippen molar-refractivity contribution in [3.8, 4) is 0 Å². The molecule has 10 heteroatoms. The lowest BCUT2D eigenvalue weighted by atomic mass is 10.4. The maximum absolute atomic E-state index is 11.9. The number of carbonyl (C=O) groups excluding carboxylic acids is 1. The summed E-state index contributed by atoms with van der Waals surface area (Å²) < 4.78 is 2.78. The number of nitrogens with one attached hydrogen (secondary N) is 4. The highest BCUT2D eigenvalue weighted by molar-refractivity contribution is 9.10. The molecule has 3 rings (SSSR count). The molecule has 0 radical (unpaired) electrons. The van der Waals surface area contributed by atoms with Crippen LogP contribution in [0.25, 0.3) is 5.65 Å². The van der Waals surface area contributed by atoms with Crippen LogP contribution in [0.5, 0.6) is 0 Å². The van der Waals surface area contributed by atoms with Crippen LogP contribution in [-0.2, 0) is 0 Å². The SMILES string of the molecule is CCN1NN=C(CCNC(=O)Nc2cn3cc(Br)ccc3n2)N1. The predicted molar refractivity (Wildman–Crippen MR) is 90.6 cm³/mol. The van der Waals surface area contributed by atoms with Crippen LogP contribution in [-0.4, -0.2) is 39.5 Å². The Hall–Kier alpha value is -2.33. The van der Waals surface area contributed by atoms with Gasteiger partial charge in [-0.05, 0) is 35.0 Å². The number of hydrogen-bond donors (Lipinski definition) is 4. The molecule has 0 saturated carbocycles. The molecular weight excluding hydrogens is 364 g/mol. The number of hydrogen-bond acceptors (Lipinski definition) is 6. The Kier molecular flexibility index (Phi) is 4.63. The molecule has 1 aliphatic heterocycles. The molecule has 2 aromatic heterocycles. The second-order valence-corrected chi connectivity index (χ2v) is 5.80. The molecule has 0 aliphatic carbocycles. The van der Waals surface area contributed by atoms with Gasteiger partial charge in [0.15, 0.2) is 5.82 Å². The van der Waals surface area contributed by atoms with Crippen molar-refractivity contribution in [1.82, 2.24) is 30.8 Å². The third-order valence-corrected chi connectivity index (χ3v) is 3.66. The predicted octanol–water partition coefficient (Wildman–Crippen LogP) is 1.27. The van der Waals surface area contributed by atoms with Crippen LogP contribution in [0.4, 0.5) is 10.6 Å². The van der Waals surface area contributed by atoms with Gasteiger partial charge in [0.1, 0.15) is 11.5 Å². The van der Waals surface area contributed by atoms with E-state index in [1.165, 1.54) is 0 Å². The van der Waals surface area contributed by atoms with E-state index in [9.17, 15) is 4.79 Å². The highest BCUT2D eigenvalue weighted by Gasteiger charge is 2.12. The molecular formula is C13H17BrN8O. The average molecular weight is 381 g/mol. The molecule has 0 bridgehead atoms. The fraction of sp³-hybridized carbons (Fsp3) is 0.308. The number of fused-ring (bicyclic) bond motifs is 1. The standard InChI is InChI=1S/C13H17BrN8O/c1-2-22-19-10(18-20-22)5-6-15-13(23)17-11-8-21-7-9(14)3-4-12(21)16-11/h3-4,7-8,20H,2,5-6H2,1H3,(H,18,19)(H2,15,17,23). The number of urea groups is 1. The van der Waals surface area contributed by atoms with E-state index in [4.69, 9.17) is 0 Å². The molecule has 0 unspecified atom stereocenters. The number of amidine groups is 1. The molecule has 0 atom stereocenters. The number of pyridine rings is 1. The molecule has 0 saturated heterocycles. The molecule has 2 amide bonds. The van der Waals surface area contributed by atoms with Crippen LogP contribution in [0.15, 0.2) is 34.1 Å². The Balaban J connectivity index is 1.47. The Bertz CT molecular complexity index is 743. The molecule has 4 N–H and O–H groups in total. The molecule has 3 heterocycles. The van der Waals surface area contributed by atoms with Crippen molar-refractivity contribution in [1.29, 1.82) is 0 Å². The molecule has 0 fully saturated rings. The van der Waals surface area contributed by atoms with Gasteiger partial charge in [-0.1, -0.05) is 0 Å². The number of imidazole rings is 1. The number of hydrazone groups is 1. The summed E-state index contributed by atoms with van der Waals surface area (Å²) in [5.74, 6) is 1.28. The molecule has 122 valence electrons. The zero-order valence-electron chi connectivity index (χ0n) is 12.5. The van der Waals surface area contributed by atoms with E-state index < -0.39 is 0 Å². The number of carbonyl (C=O) groups is 1. The van der Waals surface area contributed by atoms with Crippen molar-refractivity contribution in [2.45, 2.75) is 13.3 Å². The van der Waals surface area contributed by atoms with Gasteiger partial charge in [0.25, 0.3) is 0 Å². The number of aromatic nitrogens is 2. The Morgan fingerprint density at radius 3 is 3.04 bits per heavy atom. The third-order valence-electron chi connectivity index (χ3n) is 3.19. The number of halogens is 1. The van der Waals surface area contributed by atoms with Gasteiger partial charge in [-0.15, -0.1) is 10.2 Å². The van der Waals surface area contributed by atoms with E-state index in [2.05, 4.69) is 47.6 Å². The lowest BCUT2D eigenvalue weighted by Gasteiger charge is -2.12. The minimum Gasteiger partial charge on any atom is -0.337 e. The highest BCUT2D eigenvalue weighted by atomic mass is 79.9. The molecule has 0 aromatic carbocycles. The first kappa shape index (κ1) is 15.6. The van der Waals surface area contributed by atoms with Crippen molar-refractivity contribution in [2.75, 3.05) is 18.4 Å². The minimum absolute atomic E-state index is 0.300. The maximum atomic E-state index is 11.9. The second-order valence-electron chi connectivity index (χ2n) is 4.88. The van der Waals surface area contributed by atoms with Gasteiger partial charge in [-0.25, -0.2) is 15.3 Å². The molecule has 0 spiro atoms. The molecule has 23 heavy (non-hydrogen) atoms. The van der Waals surface area contributed by atoms with Crippen LogP contribution in [0, 0.1) is 0 Å². The largest absolute Gasteiger partial charge is 0.337 e. The summed E-state index contributed by atoms with van der Waals surface area (Å²) >= 11 is 3.39.